The molecule has 36 heavy (non-hydrogen) atoms. The normalized spacial score (nSPS) is 10.5. The van der Waals surface area contributed by atoms with Crippen molar-refractivity contribution < 1.29 is 19.1 Å². The molecule has 0 aliphatic carbocycles. The van der Waals surface area contributed by atoms with Crippen molar-refractivity contribution in [3.05, 3.63) is 102 Å². The molecule has 0 atom stereocenters. The van der Waals surface area contributed by atoms with Crippen LogP contribution in [0.3, 0.4) is 0 Å². The lowest BCUT2D eigenvalue weighted by Gasteiger charge is -2.09. The van der Waals surface area contributed by atoms with Gasteiger partial charge in [0.05, 0.1) is 16.9 Å². The minimum Gasteiger partial charge on any atom is -0.452 e. The molecule has 4 rings (SSSR count). The lowest BCUT2D eigenvalue weighted by molar-refractivity contribution is -0.119. The maximum atomic E-state index is 12.7. The molecule has 0 saturated carbocycles. The molecule has 8 nitrogen and oxygen atoms in total. The molecule has 0 radical (unpaired) electrons. The lowest BCUT2D eigenvalue weighted by atomic mass is 10.1. The maximum Gasteiger partial charge on any atom is 0.338 e. The number of para-hydroxylation sites is 1. The van der Waals surface area contributed by atoms with Crippen molar-refractivity contribution in [3.63, 3.8) is 0 Å². The van der Waals surface area contributed by atoms with Gasteiger partial charge in [-0.1, -0.05) is 60.2 Å². The van der Waals surface area contributed by atoms with Crippen molar-refractivity contribution in [2.24, 2.45) is 0 Å². The number of benzene rings is 3. The zero-order chi connectivity index (χ0) is 25.5. The molecule has 2 N–H and O–H groups in total. The minimum atomic E-state index is -0.617. The van der Waals surface area contributed by atoms with Gasteiger partial charge in [-0.2, -0.15) is 5.10 Å². The molecule has 2 amide bonds. The van der Waals surface area contributed by atoms with Crippen LogP contribution in [-0.4, -0.2) is 34.2 Å². The van der Waals surface area contributed by atoms with Crippen LogP contribution in [0.15, 0.2) is 84.9 Å². The van der Waals surface area contributed by atoms with E-state index < -0.39 is 18.5 Å². The predicted octanol–water partition coefficient (Wildman–Crippen LogP) is 4.28. The first-order valence-electron chi connectivity index (χ1n) is 11.4. The summed E-state index contributed by atoms with van der Waals surface area (Å²) in [4.78, 5) is 36.1. The third kappa shape index (κ3) is 6.24. The minimum absolute atomic E-state index is 0.135. The van der Waals surface area contributed by atoms with Gasteiger partial charge in [-0.15, -0.1) is 0 Å². The van der Waals surface area contributed by atoms with Crippen molar-refractivity contribution in [1.82, 2.24) is 15.1 Å². The van der Waals surface area contributed by atoms with E-state index in [1.54, 1.807) is 35.0 Å². The molecule has 0 spiro atoms. The Morgan fingerprint density at radius 3 is 2.28 bits per heavy atom. The third-order valence-corrected chi connectivity index (χ3v) is 5.39. The number of amides is 2. The van der Waals surface area contributed by atoms with E-state index in [9.17, 15) is 14.4 Å². The fraction of sp³-hybridized carbons (Fsp3) is 0.143. The molecular formula is C28H26N4O4. The second-order valence-electron chi connectivity index (χ2n) is 8.26. The fourth-order valence-electron chi connectivity index (χ4n) is 3.48. The van der Waals surface area contributed by atoms with Crippen LogP contribution >= 0.6 is 0 Å². The molecule has 1 aromatic heterocycles. The van der Waals surface area contributed by atoms with Gasteiger partial charge in [0.2, 0.25) is 5.91 Å². The summed E-state index contributed by atoms with van der Waals surface area (Å²) in [6.45, 7) is 3.37. The van der Waals surface area contributed by atoms with Crippen LogP contribution in [0.1, 0.15) is 28.4 Å². The van der Waals surface area contributed by atoms with Gasteiger partial charge in [0.25, 0.3) is 5.91 Å². The first-order valence-corrected chi connectivity index (χ1v) is 11.4. The number of ether oxygens (including phenoxy) is 1. The van der Waals surface area contributed by atoms with Gasteiger partial charge >= 0.3 is 5.97 Å². The molecule has 0 saturated heterocycles. The molecule has 8 heteroatoms. The van der Waals surface area contributed by atoms with Crippen LogP contribution in [0.5, 0.6) is 0 Å². The van der Waals surface area contributed by atoms with Crippen LogP contribution in [0.25, 0.3) is 16.9 Å². The Morgan fingerprint density at radius 1 is 0.917 bits per heavy atom. The Bertz CT molecular complexity index is 1360. The standard InChI is InChI=1S/C28H26N4O4/c1-19-8-12-22(13-9-19)25-16-26(32(31-25)24-6-4-3-5-7-24)30-27(34)18-36-28(35)23-14-10-21(11-15-23)17-29-20(2)33/h3-16H,17-18H2,1-2H3,(H,29,33)(H,30,34). The topological polar surface area (TPSA) is 102 Å². The molecular weight excluding hydrogens is 456 g/mol. The largest absolute Gasteiger partial charge is 0.452 e. The summed E-state index contributed by atoms with van der Waals surface area (Å²) in [7, 11) is 0. The number of carbonyl (C=O) groups is 3. The van der Waals surface area contributed by atoms with E-state index in [2.05, 4.69) is 15.7 Å². The second-order valence-corrected chi connectivity index (χ2v) is 8.26. The van der Waals surface area contributed by atoms with Crippen LogP contribution in [0.4, 0.5) is 5.82 Å². The predicted molar refractivity (Wildman–Crippen MR) is 137 cm³/mol. The fourth-order valence-corrected chi connectivity index (χ4v) is 3.48. The van der Waals surface area contributed by atoms with E-state index in [4.69, 9.17) is 4.74 Å². The van der Waals surface area contributed by atoms with E-state index >= 15 is 0 Å². The summed E-state index contributed by atoms with van der Waals surface area (Å²) in [6.07, 6.45) is 0. The van der Waals surface area contributed by atoms with Crippen molar-refractivity contribution >= 4 is 23.6 Å². The maximum absolute atomic E-state index is 12.7. The number of hydrogen-bond donors (Lipinski definition) is 2. The first kappa shape index (κ1) is 24.4. The zero-order valence-corrected chi connectivity index (χ0v) is 20.0. The summed E-state index contributed by atoms with van der Waals surface area (Å²) < 4.78 is 6.84. The third-order valence-electron chi connectivity index (χ3n) is 5.39. The lowest BCUT2D eigenvalue weighted by Crippen LogP contribution is -2.22. The molecule has 182 valence electrons. The molecule has 0 fully saturated rings. The summed E-state index contributed by atoms with van der Waals surface area (Å²) in [5.74, 6) is -0.782. The number of carbonyl (C=O) groups excluding carboxylic acids is 3. The van der Waals surface area contributed by atoms with Crippen LogP contribution in [0, 0.1) is 6.92 Å². The Kier molecular flexibility index (Phi) is 7.55. The van der Waals surface area contributed by atoms with Crippen molar-refractivity contribution in [1.29, 1.82) is 0 Å². The average molecular weight is 483 g/mol. The van der Waals surface area contributed by atoms with Crippen LogP contribution in [-0.2, 0) is 20.9 Å². The Morgan fingerprint density at radius 2 is 1.61 bits per heavy atom. The number of aryl methyl sites for hydroxylation is 1. The molecule has 4 aromatic rings. The van der Waals surface area contributed by atoms with Gasteiger partial charge < -0.3 is 15.4 Å². The van der Waals surface area contributed by atoms with Crippen molar-refractivity contribution in [2.45, 2.75) is 20.4 Å². The van der Waals surface area contributed by atoms with Crippen molar-refractivity contribution in [3.8, 4) is 16.9 Å². The van der Waals surface area contributed by atoms with E-state index in [0.717, 1.165) is 22.4 Å². The van der Waals surface area contributed by atoms with Gasteiger partial charge in [-0.3, -0.25) is 9.59 Å². The summed E-state index contributed by atoms with van der Waals surface area (Å²) >= 11 is 0. The van der Waals surface area contributed by atoms with Gasteiger partial charge in [0, 0.05) is 25.1 Å². The van der Waals surface area contributed by atoms with Gasteiger partial charge in [-0.05, 0) is 36.8 Å². The highest BCUT2D eigenvalue weighted by atomic mass is 16.5. The Balaban J connectivity index is 1.43. The van der Waals surface area contributed by atoms with Gasteiger partial charge in [-0.25, -0.2) is 9.48 Å². The highest BCUT2D eigenvalue weighted by Gasteiger charge is 2.16. The summed E-state index contributed by atoms with van der Waals surface area (Å²) in [5, 5.41) is 10.2. The van der Waals surface area contributed by atoms with Crippen LogP contribution < -0.4 is 10.6 Å². The number of rotatable bonds is 8. The molecule has 0 bridgehead atoms. The summed E-state index contributed by atoms with van der Waals surface area (Å²) in [5.41, 5.74) is 4.69. The number of nitrogens with one attached hydrogen (secondary N) is 2. The summed E-state index contributed by atoms with van der Waals surface area (Å²) in [6, 6.07) is 25.8. The molecule has 0 unspecified atom stereocenters. The van der Waals surface area contributed by atoms with E-state index in [-0.39, 0.29) is 5.91 Å². The monoisotopic (exact) mass is 482 g/mol. The first-order chi connectivity index (χ1) is 17.4. The zero-order valence-electron chi connectivity index (χ0n) is 20.0. The second kappa shape index (κ2) is 11.1. The Hall–Kier alpha value is -4.72. The van der Waals surface area contributed by atoms with Crippen LogP contribution in [0.2, 0.25) is 0 Å². The number of esters is 1. The highest BCUT2D eigenvalue weighted by molar-refractivity contribution is 5.95. The molecule has 0 aliphatic rings. The number of aromatic nitrogens is 2. The van der Waals surface area contributed by atoms with Gasteiger partial charge in [0.15, 0.2) is 6.61 Å². The molecule has 0 aliphatic heterocycles. The van der Waals surface area contributed by atoms with E-state index in [0.29, 0.717) is 23.6 Å². The van der Waals surface area contributed by atoms with Gasteiger partial charge in [0.1, 0.15) is 5.82 Å². The Labute approximate surface area is 208 Å². The van der Waals surface area contributed by atoms with E-state index in [1.165, 1.54) is 6.92 Å². The number of nitrogens with zero attached hydrogens (tertiary/aromatic N) is 2. The van der Waals surface area contributed by atoms with E-state index in [1.807, 2.05) is 61.5 Å². The quantitative estimate of drug-likeness (QED) is 0.365. The molecule has 3 aromatic carbocycles. The smallest absolute Gasteiger partial charge is 0.338 e. The molecule has 1 heterocycles. The van der Waals surface area contributed by atoms with Crippen molar-refractivity contribution in [2.75, 3.05) is 11.9 Å². The SMILES string of the molecule is CC(=O)NCc1ccc(C(=O)OCC(=O)Nc2cc(-c3ccc(C)cc3)nn2-c2ccccc2)cc1. The number of anilines is 1. The highest BCUT2D eigenvalue weighted by Crippen LogP contribution is 2.25. The number of hydrogen-bond acceptors (Lipinski definition) is 5. The average Bonchev–Trinajstić information content (AvgIpc) is 3.30.